The number of nitrogens with zero attached hydrogens (tertiary/aromatic N) is 2. The molecule has 2 atom stereocenters. The van der Waals surface area contributed by atoms with Gasteiger partial charge >= 0.3 is 6.36 Å². The van der Waals surface area contributed by atoms with Crippen LogP contribution in [0.4, 0.5) is 13.2 Å². The van der Waals surface area contributed by atoms with Gasteiger partial charge in [-0.3, -0.25) is 0 Å². The van der Waals surface area contributed by atoms with Crippen LogP contribution in [0.3, 0.4) is 0 Å². The van der Waals surface area contributed by atoms with E-state index in [9.17, 15) is 13.2 Å². The molecule has 1 aromatic heterocycles. The lowest BCUT2D eigenvalue weighted by molar-refractivity contribution is -0.274. The van der Waals surface area contributed by atoms with Crippen molar-refractivity contribution < 1.29 is 17.9 Å². The summed E-state index contributed by atoms with van der Waals surface area (Å²) in [6.07, 6.45) is -0.557. The van der Waals surface area contributed by atoms with Crippen molar-refractivity contribution in [3.63, 3.8) is 0 Å². The molecule has 0 N–H and O–H groups in total. The van der Waals surface area contributed by atoms with Gasteiger partial charge in [0.2, 0.25) is 0 Å². The van der Waals surface area contributed by atoms with Gasteiger partial charge in [0.15, 0.2) is 5.75 Å². The van der Waals surface area contributed by atoms with Crippen molar-refractivity contribution in [3.05, 3.63) is 42.0 Å². The Morgan fingerprint density at radius 2 is 2.05 bits per heavy atom. The van der Waals surface area contributed by atoms with Crippen molar-refractivity contribution in [2.45, 2.75) is 32.5 Å². The standard InChI is InChI=1S/C15H15F3N2O/c1-9-5-12(9)11-3-4-13(20-7-10(2)19-8-20)14(6-11)21-15(16,17)18/h3-4,6-9,12H,5H2,1-2H3. The van der Waals surface area contributed by atoms with E-state index >= 15 is 0 Å². The second kappa shape index (κ2) is 4.79. The van der Waals surface area contributed by atoms with Crippen molar-refractivity contribution in [2.75, 3.05) is 0 Å². The molecule has 0 aliphatic heterocycles. The Hall–Kier alpha value is -1.98. The van der Waals surface area contributed by atoms with Crippen LogP contribution in [0, 0.1) is 12.8 Å². The Morgan fingerprint density at radius 1 is 1.33 bits per heavy atom. The van der Waals surface area contributed by atoms with E-state index in [0.717, 1.165) is 17.7 Å². The molecule has 1 aromatic carbocycles. The van der Waals surface area contributed by atoms with Gasteiger partial charge in [0.05, 0.1) is 17.7 Å². The minimum Gasteiger partial charge on any atom is -0.404 e. The largest absolute Gasteiger partial charge is 0.573 e. The van der Waals surface area contributed by atoms with Crippen molar-refractivity contribution in [1.29, 1.82) is 0 Å². The first-order valence-corrected chi connectivity index (χ1v) is 6.74. The Kier molecular flexibility index (Phi) is 3.19. The fraction of sp³-hybridized carbons (Fsp3) is 0.400. The minimum absolute atomic E-state index is 0.184. The molecule has 21 heavy (non-hydrogen) atoms. The summed E-state index contributed by atoms with van der Waals surface area (Å²) >= 11 is 0. The van der Waals surface area contributed by atoms with Crippen LogP contribution >= 0.6 is 0 Å². The second-order valence-electron chi connectivity index (χ2n) is 5.52. The van der Waals surface area contributed by atoms with Gasteiger partial charge in [-0.1, -0.05) is 13.0 Å². The highest BCUT2D eigenvalue weighted by Crippen LogP contribution is 2.48. The Balaban J connectivity index is 2.01. The van der Waals surface area contributed by atoms with Gasteiger partial charge in [-0.05, 0) is 42.9 Å². The van der Waals surface area contributed by atoms with Crippen molar-refractivity contribution in [3.8, 4) is 11.4 Å². The number of imidazole rings is 1. The van der Waals surface area contributed by atoms with E-state index in [1.807, 2.05) is 6.07 Å². The maximum atomic E-state index is 12.6. The monoisotopic (exact) mass is 296 g/mol. The van der Waals surface area contributed by atoms with E-state index in [0.29, 0.717) is 17.5 Å². The average molecular weight is 296 g/mol. The highest BCUT2D eigenvalue weighted by Gasteiger charge is 2.36. The number of aromatic nitrogens is 2. The fourth-order valence-corrected chi connectivity index (χ4v) is 2.52. The fourth-order valence-electron chi connectivity index (χ4n) is 2.52. The molecular formula is C15H15F3N2O. The van der Waals surface area contributed by atoms with Gasteiger partial charge in [0, 0.05) is 6.20 Å². The second-order valence-corrected chi connectivity index (χ2v) is 5.52. The maximum absolute atomic E-state index is 12.6. The molecule has 1 saturated carbocycles. The molecule has 0 bridgehead atoms. The SMILES string of the molecule is Cc1cn(-c2ccc(C3CC3C)cc2OC(F)(F)F)cn1. The number of ether oxygens (including phenoxy) is 1. The maximum Gasteiger partial charge on any atom is 0.573 e. The van der Waals surface area contributed by atoms with Gasteiger partial charge in [-0.2, -0.15) is 0 Å². The summed E-state index contributed by atoms with van der Waals surface area (Å²) in [6, 6.07) is 5.01. The van der Waals surface area contributed by atoms with Crippen LogP contribution in [0.1, 0.15) is 30.5 Å². The summed E-state index contributed by atoms with van der Waals surface area (Å²) in [5.74, 6) is 0.667. The number of benzene rings is 1. The van der Waals surface area contributed by atoms with Crippen molar-refractivity contribution in [1.82, 2.24) is 9.55 Å². The van der Waals surface area contributed by atoms with Gasteiger partial charge in [-0.25, -0.2) is 4.98 Å². The van der Waals surface area contributed by atoms with Crippen molar-refractivity contribution >= 4 is 0 Å². The lowest BCUT2D eigenvalue weighted by Crippen LogP contribution is -2.18. The van der Waals surface area contributed by atoms with E-state index in [-0.39, 0.29) is 5.75 Å². The number of halogens is 3. The van der Waals surface area contributed by atoms with Crippen LogP contribution in [0.5, 0.6) is 5.75 Å². The molecule has 0 radical (unpaired) electrons. The zero-order valence-electron chi connectivity index (χ0n) is 11.7. The minimum atomic E-state index is -4.71. The zero-order valence-corrected chi connectivity index (χ0v) is 11.7. The Morgan fingerprint density at radius 3 is 2.57 bits per heavy atom. The third-order valence-corrected chi connectivity index (χ3v) is 3.74. The van der Waals surface area contributed by atoms with Crippen LogP contribution in [-0.2, 0) is 0 Å². The van der Waals surface area contributed by atoms with Crippen LogP contribution in [0.25, 0.3) is 5.69 Å². The molecule has 2 unspecified atom stereocenters. The highest BCUT2D eigenvalue weighted by molar-refractivity contribution is 5.50. The van der Waals surface area contributed by atoms with Crippen LogP contribution in [0.2, 0.25) is 0 Å². The van der Waals surface area contributed by atoms with E-state index in [1.54, 1.807) is 19.2 Å². The molecule has 0 amide bonds. The number of hydrogen-bond donors (Lipinski definition) is 0. The molecule has 1 aliphatic carbocycles. The summed E-state index contributed by atoms with van der Waals surface area (Å²) in [6.45, 7) is 3.86. The molecule has 2 aromatic rings. The topological polar surface area (TPSA) is 27.1 Å². The van der Waals surface area contributed by atoms with Gasteiger partial charge in [0.25, 0.3) is 0 Å². The first-order valence-electron chi connectivity index (χ1n) is 6.74. The summed E-state index contributed by atoms with van der Waals surface area (Å²) in [4.78, 5) is 4.04. The molecule has 0 spiro atoms. The van der Waals surface area contributed by atoms with Gasteiger partial charge < -0.3 is 9.30 Å². The number of aryl methyl sites for hydroxylation is 1. The molecule has 3 rings (SSSR count). The summed E-state index contributed by atoms with van der Waals surface area (Å²) < 4.78 is 43.6. The first-order chi connectivity index (χ1) is 9.83. The van der Waals surface area contributed by atoms with E-state index in [1.165, 1.54) is 17.0 Å². The number of hydrogen-bond acceptors (Lipinski definition) is 2. The number of rotatable bonds is 3. The molecule has 112 valence electrons. The van der Waals surface area contributed by atoms with Crippen LogP contribution in [-0.4, -0.2) is 15.9 Å². The molecular weight excluding hydrogens is 281 g/mol. The Bertz CT molecular complexity index is 663. The summed E-state index contributed by atoms with van der Waals surface area (Å²) in [7, 11) is 0. The predicted molar refractivity (Wildman–Crippen MR) is 71.5 cm³/mol. The summed E-state index contributed by atoms with van der Waals surface area (Å²) in [5, 5.41) is 0. The molecule has 1 fully saturated rings. The van der Waals surface area contributed by atoms with Gasteiger partial charge in [-0.15, -0.1) is 13.2 Å². The van der Waals surface area contributed by atoms with E-state index in [2.05, 4.69) is 16.6 Å². The van der Waals surface area contributed by atoms with E-state index in [4.69, 9.17) is 0 Å². The zero-order chi connectivity index (χ0) is 15.2. The average Bonchev–Trinajstić information content (AvgIpc) is 2.94. The van der Waals surface area contributed by atoms with Crippen LogP contribution < -0.4 is 4.74 Å². The van der Waals surface area contributed by atoms with Crippen LogP contribution in [0.15, 0.2) is 30.7 Å². The molecule has 6 heteroatoms. The van der Waals surface area contributed by atoms with Crippen molar-refractivity contribution in [2.24, 2.45) is 5.92 Å². The molecule has 1 heterocycles. The Labute approximate surface area is 120 Å². The van der Waals surface area contributed by atoms with E-state index < -0.39 is 6.36 Å². The predicted octanol–water partition coefficient (Wildman–Crippen LogP) is 4.20. The molecule has 1 aliphatic rings. The summed E-state index contributed by atoms with van der Waals surface area (Å²) in [5.41, 5.74) is 1.96. The third kappa shape index (κ3) is 3.04. The lowest BCUT2D eigenvalue weighted by Gasteiger charge is -2.15. The molecule has 0 saturated heterocycles. The normalized spacial score (nSPS) is 21.4. The third-order valence-electron chi connectivity index (χ3n) is 3.74. The quantitative estimate of drug-likeness (QED) is 0.848. The number of alkyl halides is 3. The lowest BCUT2D eigenvalue weighted by atomic mass is 10.1. The smallest absolute Gasteiger partial charge is 0.404 e. The highest BCUT2D eigenvalue weighted by atomic mass is 19.4. The van der Waals surface area contributed by atoms with Gasteiger partial charge in [0.1, 0.15) is 0 Å². The first kappa shape index (κ1) is 14.0. The molecule has 3 nitrogen and oxygen atoms in total.